The lowest BCUT2D eigenvalue weighted by molar-refractivity contribution is -0.129. The quantitative estimate of drug-likeness (QED) is 0.851. The Morgan fingerprint density at radius 2 is 1.86 bits per heavy atom. The number of benzene rings is 1. The first-order valence-electron chi connectivity index (χ1n) is 6.98. The number of sulfonamides is 1. The molecule has 0 bridgehead atoms. The molecule has 1 fully saturated rings. The second-order valence-electron chi connectivity index (χ2n) is 5.19. The smallest absolute Gasteiger partial charge is 0.243 e. The Morgan fingerprint density at radius 3 is 2.48 bits per heavy atom. The molecular weight excluding hydrogens is 290 g/mol. The van der Waals surface area contributed by atoms with Gasteiger partial charge in [-0.15, -0.1) is 0 Å². The summed E-state index contributed by atoms with van der Waals surface area (Å²) in [5, 5.41) is 0. The van der Waals surface area contributed by atoms with Crippen molar-refractivity contribution in [3.63, 3.8) is 0 Å². The van der Waals surface area contributed by atoms with Crippen LogP contribution in [-0.2, 0) is 21.2 Å². The second kappa shape index (κ2) is 6.55. The lowest BCUT2D eigenvalue weighted by Gasteiger charge is -2.19. The van der Waals surface area contributed by atoms with E-state index in [1.807, 2.05) is 0 Å². The van der Waals surface area contributed by atoms with Gasteiger partial charge in [0.05, 0.1) is 11.4 Å². The zero-order chi connectivity index (χ0) is 15.5. The van der Waals surface area contributed by atoms with Gasteiger partial charge in [0, 0.05) is 20.1 Å². The van der Waals surface area contributed by atoms with Crippen LogP contribution in [0.3, 0.4) is 0 Å². The molecule has 0 aliphatic carbocycles. The zero-order valence-electron chi connectivity index (χ0n) is 12.2. The molecule has 0 radical (unpaired) electrons. The number of carbonyl (C=O) groups is 1. The third kappa shape index (κ3) is 3.61. The van der Waals surface area contributed by atoms with Gasteiger partial charge in [-0.05, 0) is 37.1 Å². The molecule has 21 heavy (non-hydrogen) atoms. The van der Waals surface area contributed by atoms with Crippen molar-refractivity contribution in [1.82, 2.24) is 9.21 Å². The Labute approximate surface area is 125 Å². The highest BCUT2D eigenvalue weighted by Crippen LogP contribution is 2.18. The van der Waals surface area contributed by atoms with Gasteiger partial charge < -0.3 is 10.6 Å². The Morgan fingerprint density at radius 1 is 1.19 bits per heavy atom. The van der Waals surface area contributed by atoms with Crippen molar-refractivity contribution in [1.29, 1.82) is 0 Å². The zero-order valence-corrected chi connectivity index (χ0v) is 13.0. The fourth-order valence-electron chi connectivity index (χ4n) is 2.31. The van der Waals surface area contributed by atoms with Crippen LogP contribution in [0.15, 0.2) is 29.2 Å². The lowest BCUT2D eigenvalue weighted by Crippen LogP contribution is -2.38. The Bertz CT molecular complexity index is 598. The third-order valence-corrected chi connectivity index (χ3v) is 5.49. The molecule has 0 spiro atoms. The summed E-state index contributed by atoms with van der Waals surface area (Å²) < 4.78 is 26.4. The average Bonchev–Trinajstić information content (AvgIpc) is 2.63. The van der Waals surface area contributed by atoms with Gasteiger partial charge in [0.1, 0.15) is 0 Å². The SMILES string of the molecule is CN1CCCN(S(=O)(=O)c2ccc(CCN)cc2)CC1=O. The molecule has 7 heteroatoms. The van der Waals surface area contributed by atoms with Crippen LogP contribution in [0.2, 0.25) is 0 Å². The van der Waals surface area contributed by atoms with Crippen LogP contribution in [0.25, 0.3) is 0 Å². The first-order chi connectivity index (χ1) is 9.95. The van der Waals surface area contributed by atoms with Crippen molar-refractivity contribution in [2.45, 2.75) is 17.7 Å². The summed E-state index contributed by atoms with van der Waals surface area (Å²) in [4.78, 5) is 13.6. The highest BCUT2D eigenvalue weighted by Gasteiger charge is 2.29. The van der Waals surface area contributed by atoms with E-state index in [1.54, 1.807) is 36.2 Å². The van der Waals surface area contributed by atoms with E-state index in [9.17, 15) is 13.2 Å². The van der Waals surface area contributed by atoms with E-state index >= 15 is 0 Å². The number of nitrogens with two attached hydrogens (primary N) is 1. The fraction of sp³-hybridized carbons (Fsp3) is 0.500. The highest BCUT2D eigenvalue weighted by atomic mass is 32.2. The third-order valence-electron chi connectivity index (χ3n) is 3.63. The molecule has 1 aliphatic heterocycles. The van der Waals surface area contributed by atoms with E-state index in [0.29, 0.717) is 32.5 Å². The summed E-state index contributed by atoms with van der Waals surface area (Å²) in [6, 6.07) is 6.70. The average molecular weight is 311 g/mol. The maximum absolute atomic E-state index is 12.6. The molecule has 1 aliphatic rings. The van der Waals surface area contributed by atoms with E-state index in [4.69, 9.17) is 5.73 Å². The summed E-state index contributed by atoms with van der Waals surface area (Å²) in [6.07, 6.45) is 1.36. The van der Waals surface area contributed by atoms with Gasteiger partial charge in [-0.25, -0.2) is 8.42 Å². The van der Waals surface area contributed by atoms with Gasteiger partial charge in [-0.1, -0.05) is 12.1 Å². The first-order valence-corrected chi connectivity index (χ1v) is 8.42. The summed E-state index contributed by atoms with van der Waals surface area (Å²) in [7, 11) is -1.92. The highest BCUT2D eigenvalue weighted by molar-refractivity contribution is 7.89. The summed E-state index contributed by atoms with van der Waals surface area (Å²) in [5.41, 5.74) is 6.48. The number of hydrogen-bond acceptors (Lipinski definition) is 4. The van der Waals surface area contributed by atoms with Crippen molar-refractivity contribution >= 4 is 15.9 Å². The fourth-order valence-corrected chi connectivity index (χ4v) is 3.74. The molecule has 6 nitrogen and oxygen atoms in total. The Hall–Kier alpha value is -1.44. The van der Waals surface area contributed by atoms with Crippen LogP contribution in [-0.4, -0.2) is 56.8 Å². The van der Waals surface area contributed by atoms with Gasteiger partial charge in [-0.2, -0.15) is 4.31 Å². The van der Waals surface area contributed by atoms with Crippen LogP contribution in [0, 0.1) is 0 Å². The topological polar surface area (TPSA) is 83.7 Å². The van der Waals surface area contributed by atoms with Crippen molar-refractivity contribution < 1.29 is 13.2 Å². The first kappa shape index (κ1) is 15.9. The van der Waals surface area contributed by atoms with Gasteiger partial charge in [0.25, 0.3) is 0 Å². The number of likely N-dealkylation sites (N-methyl/N-ethyl adjacent to an activating group) is 1. The molecule has 1 aromatic rings. The van der Waals surface area contributed by atoms with E-state index in [0.717, 1.165) is 5.56 Å². The number of rotatable bonds is 4. The van der Waals surface area contributed by atoms with Crippen LogP contribution >= 0.6 is 0 Å². The van der Waals surface area contributed by atoms with Gasteiger partial charge in [0.15, 0.2) is 0 Å². The molecule has 1 heterocycles. The van der Waals surface area contributed by atoms with E-state index in [-0.39, 0.29) is 17.3 Å². The standard InChI is InChI=1S/C14H21N3O3S/c1-16-9-2-10-17(11-14(16)18)21(19,20)13-5-3-12(4-6-13)7-8-15/h3-6H,2,7-11,15H2,1H3. The van der Waals surface area contributed by atoms with E-state index in [2.05, 4.69) is 0 Å². The molecule has 0 unspecified atom stereocenters. The van der Waals surface area contributed by atoms with Crippen molar-refractivity contribution in [3.05, 3.63) is 29.8 Å². The molecule has 116 valence electrons. The van der Waals surface area contributed by atoms with Gasteiger partial charge in [-0.3, -0.25) is 4.79 Å². The molecule has 2 rings (SSSR count). The van der Waals surface area contributed by atoms with Crippen LogP contribution < -0.4 is 5.73 Å². The number of carbonyl (C=O) groups excluding carboxylic acids is 1. The number of hydrogen-bond donors (Lipinski definition) is 1. The monoisotopic (exact) mass is 311 g/mol. The minimum absolute atomic E-state index is 0.0939. The molecule has 0 atom stereocenters. The maximum atomic E-state index is 12.6. The lowest BCUT2D eigenvalue weighted by atomic mass is 10.2. The van der Waals surface area contributed by atoms with Crippen molar-refractivity contribution in [2.75, 3.05) is 33.2 Å². The van der Waals surface area contributed by atoms with Crippen LogP contribution in [0.4, 0.5) is 0 Å². The predicted molar refractivity (Wildman–Crippen MR) is 80.2 cm³/mol. The largest absolute Gasteiger partial charge is 0.345 e. The van der Waals surface area contributed by atoms with Crippen molar-refractivity contribution in [3.8, 4) is 0 Å². The van der Waals surface area contributed by atoms with E-state index in [1.165, 1.54) is 4.31 Å². The molecule has 0 aromatic heterocycles. The number of nitrogens with zero attached hydrogens (tertiary/aromatic N) is 2. The summed E-state index contributed by atoms with van der Waals surface area (Å²) in [5.74, 6) is -0.171. The molecule has 0 saturated carbocycles. The Balaban J connectivity index is 2.22. The molecule has 1 saturated heterocycles. The van der Waals surface area contributed by atoms with E-state index < -0.39 is 10.0 Å². The summed E-state index contributed by atoms with van der Waals surface area (Å²) in [6.45, 7) is 1.38. The molecule has 1 aromatic carbocycles. The predicted octanol–water partition coefficient (Wildman–Crippen LogP) is 0.0406. The normalized spacial score (nSPS) is 17.8. The molecular formula is C14H21N3O3S. The van der Waals surface area contributed by atoms with Gasteiger partial charge in [0.2, 0.25) is 15.9 Å². The maximum Gasteiger partial charge on any atom is 0.243 e. The number of amides is 1. The van der Waals surface area contributed by atoms with Crippen molar-refractivity contribution in [2.24, 2.45) is 5.73 Å². The molecule has 1 amide bonds. The van der Waals surface area contributed by atoms with Crippen LogP contribution in [0.1, 0.15) is 12.0 Å². The molecule has 2 N–H and O–H groups in total. The summed E-state index contributed by atoms with van der Waals surface area (Å²) >= 11 is 0. The minimum Gasteiger partial charge on any atom is -0.345 e. The van der Waals surface area contributed by atoms with Gasteiger partial charge >= 0.3 is 0 Å². The Kier molecular flexibility index (Phi) is 4.97. The second-order valence-corrected chi connectivity index (χ2v) is 7.13. The van der Waals surface area contributed by atoms with Crippen LogP contribution in [0.5, 0.6) is 0 Å². The minimum atomic E-state index is -3.62.